The van der Waals surface area contributed by atoms with Crippen molar-refractivity contribution >= 4 is 29.1 Å². The summed E-state index contributed by atoms with van der Waals surface area (Å²) in [6, 6.07) is 5.08. The number of nitrogens with one attached hydrogen (secondary N) is 2. The third kappa shape index (κ3) is 5.81. The Balaban J connectivity index is 2.45. The molecule has 0 aliphatic rings. The highest BCUT2D eigenvalue weighted by molar-refractivity contribution is 6.35. The molecule has 0 bridgehead atoms. The van der Waals surface area contributed by atoms with Gasteiger partial charge in [-0.3, -0.25) is 4.79 Å². The van der Waals surface area contributed by atoms with Gasteiger partial charge >= 0.3 is 0 Å². The lowest BCUT2D eigenvalue weighted by molar-refractivity contribution is -0.122. The summed E-state index contributed by atoms with van der Waals surface area (Å²) in [6.07, 6.45) is 0. The zero-order chi connectivity index (χ0) is 14.4. The van der Waals surface area contributed by atoms with E-state index in [1.165, 1.54) is 0 Å². The van der Waals surface area contributed by atoms with Crippen LogP contribution in [-0.4, -0.2) is 18.5 Å². The van der Waals surface area contributed by atoms with E-state index in [9.17, 15) is 4.79 Å². The molecule has 0 aliphatic heterocycles. The van der Waals surface area contributed by atoms with Crippen LogP contribution in [0.2, 0.25) is 10.0 Å². The van der Waals surface area contributed by atoms with Crippen LogP contribution in [0.4, 0.5) is 0 Å². The molecular formula is C14H20Cl2N2O. The summed E-state index contributed by atoms with van der Waals surface area (Å²) in [5.41, 5.74) is 0.926. The molecule has 0 heterocycles. The minimum atomic E-state index is -0.259. The Bertz CT molecular complexity index is 435. The first kappa shape index (κ1) is 16.3. The molecular weight excluding hydrogens is 283 g/mol. The molecule has 19 heavy (non-hydrogen) atoms. The lowest BCUT2D eigenvalue weighted by Gasteiger charge is -2.15. The summed E-state index contributed by atoms with van der Waals surface area (Å²) >= 11 is 11.9. The maximum atomic E-state index is 11.8. The van der Waals surface area contributed by atoms with Gasteiger partial charge in [-0.2, -0.15) is 0 Å². The summed E-state index contributed by atoms with van der Waals surface area (Å²) in [6.45, 7) is 7.18. The highest BCUT2D eigenvalue weighted by Gasteiger charge is 2.12. The van der Waals surface area contributed by atoms with Gasteiger partial charge in [0, 0.05) is 23.1 Å². The van der Waals surface area contributed by atoms with Crippen LogP contribution in [-0.2, 0) is 11.3 Å². The van der Waals surface area contributed by atoms with Gasteiger partial charge in [-0.05, 0) is 30.5 Å². The van der Waals surface area contributed by atoms with Crippen molar-refractivity contribution in [3.63, 3.8) is 0 Å². The summed E-state index contributed by atoms with van der Waals surface area (Å²) < 4.78 is 0. The number of rotatable bonds is 6. The van der Waals surface area contributed by atoms with Crippen molar-refractivity contribution in [2.45, 2.75) is 33.4 Å². The van der Waals surface area contributed by atoms with Gasteiger partial charge in [-0.15, -0.1) is 0 Å². The van der Waals surface area contributed by atoms with Crippen LogP contribution in [0.15, 0.2) is 18.2 Å². The molecule has 106 valence electrons. The van der Waals surface area contributed by atoms with Crippen molar-refractivity contribution in [3.8, 4) is 0 Å². The molecule has 1 aromatic carbocycles. The Morgan fingerprint density at radius 2 is 1.95 bits per heavy atom. The second kappa shape index (κ2) is 7.73. The molecule has 0 saturated carbocycles. The van der Waals surface area contributed by atoms with Crippen LogP contribution >= 0.6 is 23.2 Å². The summed E-state index contributed by atoms with van der Waals surface area (Å²) in [4.78, 5) is 11.8. The van der Waals surface area contributed by atoms with Gasteiger partial charge in [0.25, 0.3) is 0 Å². The van der Waals surface area contributed by atoms with E-state index in [0.29, 0.717) is 29.1 Å². The molecule has 1 rings (SSSR count). The second-order valence-electron chi connectivity index (χ2n) is 4.98. The molecule has 0 aromatic heterocycles. The van der Waals surface area contributed by atoms with E-state index in [1.54, 1.807) is 12.1 Å². The van der Waals surface area contributed by atoms with E-state index >= 15 is 0 Å². The van der Waals surface area contributed by atoms with E-state index in [0.717, 1.165) is 5.56 Å². The van der Waals surface area contributed by atoms with E-state index < -0.39 is 0 Å². The van der Waals surface area contributed by atoms with Gasteiger partial charge in [0.2, 0.25) is 5.91 Å². The highest BCUT2D eigenvalue weighted by atomic mass is 35.5. The molecule has 1 aromatic rings. The number of hydrogen-bond donors (Lipinski definition) is 2. The smallest absolute Gasteiger partial charge is 0.236 e. The third-order valence-corrected chi connectivity index (χ3v) is 3.28. The van der Waals surface area contributed by atoms with Crippen molar-refractivity contribution < 1.29 is 4.79 Å². The summed E-state index contributed by atoms with van der Waals surface area (Å²) in [5, 5.41) is 7.24. The molecule has 3 nitrogen and oxygen atoms in total. The van der Waals surface area contributed by atoms with Gasteiger partial charge in [0.15, 0.2) is 0 Å². The average molecular weight is 303 g/mol. The van der Waals surface area contributed by atoms with Crippen LogP contribution in [0, 0.1) is 5.92 Å². The number of carbonyl (C=O) groups excluding carboxylic acids is 1. The fourth-order valence-electron chi connectivity index (χ4n) is 1.48. The van der Waals surface area contributed by atoms with Crippen molar-refractivity contribution in [1.82, 2.24) is 10.6 Å². The monoisotopic (exact) mass is 302 g/mol. The van der Waals surface area contributed by atoms with Gasteiger partial charge in [-0.25, -0.2) is 0 Å². The number of carbonyl (C=O) groups is 1. The lowest BCUT2D eigenvalue weighted by atomic mass is 10.2. The minimum Gasteiger partial charge on any atom is -0.354 e. The van der Waals surface area contributed by atoms with E-state index in [1.807, 2.05) is 13.0 Å². The first-order valence-corrected chi connectivity index (χ1v) is 7.10. The van der Waals surface area contributed by atoms with Crippen LogP contribution in [0.5, 0.6) is 0 Å². The van der Waals surface area contributed by atoms with Crippen LogP contribution < -0.4 is 10.6 Å². The Morgan fingerprint density at radius 1 is 1.26 bits per heavy atom. The maximum absolute atomic E-state index is 11.8. The lowest BCUT2D eigenvalue weighted by Crippen LogP contribution is -2.43. The van der Waals surface area contributed by atoms with Crippen molar-refractivity contribution in [3.05, 3.63) is 33.8 Å². The van der Waals surface area contributed by atoms with E-state index in [4.69, 9.17) is 23.2 Å². The van der Waals surface area contributed by atoms with Crippen molar-refractivity contribution in [2.24, 2.45) is 5.92 Å². The van der Waals surface area contributed by atoms with Gasteiger partial charge in [-0.1, -0.05) is 43.1 Å². The first-order chi connectivity index (χ1) is 8.90. The summed E-state index contributed by atoms with van der Waals surface area (Å²) in [7, 11) is 0. The van der Waals surface area contributed by atoms with Crippen molar-refractivity contribution in [2.75, 3.05) is 6.54 Å². The highest BCUT2D eigenvalue weighted by Crippen LogP contribution is 2.20. The maximum Gasteiger partial charge on any atom is 0.236 e. The largest absolute Gasteiger partial charge is 0.354 e. The number of hydrogen-bond acceptors (Lipinski definition) is 2. The molecule has 0 radical (unpaired) electrons. The standard InChI is InChI=1S/C14H20Cl2N2O/c1-9(2)7-18-14(19)10(3)17-8-11-4-5-12(15)6-13(11)16/h4-6,9-10,17H,7-8H2,1-3H3,(H,18,19). The fraction of sp³-hybridized carbons (Fsp3) is 0.500. The Hall–Kier alpha value is -0.770. The molecule has 1 atom stereocenters. The average Bonchev–Trinajstić information content (AvgIpc) is 2.34. The molecule has 5 heteroatoms. The predicted octanol–water partition coefficient (Wildman–Crippen LogP) is 3.24. The normalized spacial score (nSPS) is 12.5. The molecule has 0 aliphatic carbocycles. The first-order valence-electron chi connectivity index (χ1n) is 6.35. The van der Waals surface area contributed by atoms with E-state index in [2.05, 4.69) is 24.5 Å². The van der Waals surface area contributed by atoms with Crippen LogP contribution in [0.1, 0.15) is 26.3 Å². The van der Waals surface area contributed by atoms with Gasteiger partial charge < -0.3 is 10.6 Å². The van der Waals surface area contributed by atoms with Crippen LogP contribution in [0.3, 0.4) is 0 Å². The molecule has 2 N–H and O–H groups in total. The fourth-order valence-corrected chi connectivity index (χ4v) is 1.95. The van der Waals surface area contributed by atoms with Crippen LogP contribution in [0.25, 0.3) is 0 Å². The minimum absolute atomic E-state index is 0.00112. The third-order valence-electron chi connectivity index (χ3n) is 2.69. The molecule has 0 saturated heterocycles. The molecule has 1 unspecified atom stereocenters. The number of amides is 1. The Labute approximate surface area is 124 Å². The number of halogens is 2. The second-order valence-corrected chi connectivity index (χ2v) is 5.82. The van der Waals surface area contributed by atoms with Gasteiger partial charge in [0.05, 0.1) is 6.04 Å². The predicted molar refractivity (Wildman–Crippen MR) is 80.6 cm³/mol. The van der Waals surface area contributed by atoms with Crippen molar-refractivity contribution in [1.29, 1.82) is 0 Å². The number of benzene rings is 1. The zero-order valence-corrected chi connectivity index (χ0v) is 13.0. The molecule has 1 amide bonds. The topological polar surface area (TPSA) is 41.1 Å². The SMILES string of the molecule is CC(C)CNC(=O)C(C)NCc1ccc(Cl)cc1Cl. The Morgan fingerprint density at radius 3 is 2.53 bits per heavy atom. The summed E-state index contributed by atoms with van der Waals surface area (Å²) in [5.74, 6) is 0.445. The quantitative estimate of drug-likeness (QED) is 0.847. The zero-order valence-electron chi connectivity index (χ0n) is 11.5. The van der Waals surface area contributed by atoms with Gasteiger partial charge in [0.1, 0.15) is 0 Å². The van der Waals surface area contributed by atoms with E-state index in [-0.39, 0.29) is 11.9 Å². The molecule has 0 fully saturated rings. The Kier molecular flexibility index (Phi) is 6.63. The molecule has 0 spiro atoms.